The highest BCUT2D eigenvalue weighted by Gasteiger charge is 2.13. The quantitative estimate of drug-likeness (QED) is 0.662. The van der Waals surface area contributed by atoms with E-state index in [2.05, 4.69) is 5.32 Å². The Hall–Kier alpha value is -1.14. The molecule has 100 valence electrons. The lowest BCUT2D eigenvalue weighted by Crippen LogP contribution is -2.13. The molecule has 0 bridgehead atoms. The van der Waals surface area contributed by atoms with Crippen LogP contribution in [0.5, 0.6) is 0 Å². The van der Waals surface area contributed by atoms with Gasteiger partial charge in [0, 0.05) is 34.6 Å². The second kappa shape index (κ2) is 6.34. The van der Waals surface area contributed by atoms with Crippen molar-refractivity contribution in [2.75, 3.05) is 0 Å². The van der Waals surface area contributed by atoms with E-state index in [1.165, 1.54) is 17.4 Å². The number of rotatable bonds is 5. The van der Waals surface area contributed by atoms with Gasteiger partial charge in [-0.05, 0) is 24.3 Å². The van der Waals surface area contributed by atoms with E-state index in [9.17, 15) is 10.1 Å². The monoisotopic (exact) mass is 316 g/mol. The zero-order chi connectivity index (χ0) is 13.8. The summed E-state index contributed by atoms with van der Waals surface area (Å²) < 4.78 is 0.731. The van der Waals surface area contributed by atoms with Crippen molar-refractivity contribution in [1.82, 2.24) is 5.32 Å². The number of nitro benzene ring substituents is 1. The molecular weight excluding hydrogens is 307 g/mol. The Balaban J connectivity index is 2.01. The molecule has 2 rings (SSSR count). The number of benzene rings is 1. The summed E-state index contributed by atoms with van der Waals surface area (Å²) in [6, 6.07) is 8.42. The highest BCUT2D eigenvalue weighted by molar-refractivity contribution is 7.16. The standard InChI is InChI=1S/C12H10Cl2N2O2S/c13-9-2-1-8(11(5-9)16(17)18)6-15-7-10-3-4-12(14)19-10/h1-5,15H,6-7H2. The topological polar surface area (TPSA) is 55.2 Å². The second-order valence-electron chi connectivity index (χ2n) is 3.84. The number of hydrogen-bond donors (Lipinski definition) is 1. The third-order valence-electron chi connectivity index (χ3n) is 2.49. The van der Waals surface area contributed by atoms with Crippen LogP contribution < -0.4 is 5.32 Å². The van der Waals surface area contributed by atoms with Gasteiger partial charge in [-0.3, -0.25) is 10.1 Å². The van der Waals surface area contributed by atoms with E-state index in [1.807, 2.05) is 12.1 Å². The summed E-state index contributed by atoms with van der Waals surface area (Å²) >= 11 is 13.1. The smallest absolute Gasteiger partial charge is 0.275 e. The van der Waals surface area contributed by atoms with Gasteiger partial charge in [0.05, 0.1) is 9.26 Å². The summed E-state index contributed by atoms with van der Waals surface area (Å²) in [6.45, 7) is 1.03. The number of nitrogens with one attached hydrogen (secondary N) is 1. The fourth-order valence-electron chi connectivity index (χ4n) is 1.62. The van der Waals surface area contributed by atoms with Gasteiger partial charge in [0.25, 0.3) is 5.69 Å². The Morgan fingerprint density at radius 2 is 2.00 bits per heavy atom. The highest BCUT2D eigenvalue weighted by atomic mass is 35.5. The molecule has 0 atom stereocenters. The van der Waals surface area contributed by atoms with Crippen LogP contribution in [0.2, 0.25) is 9.36 Å². The van der Waals surface area contributed by atoms with Gasteiger partial charge in [-0.25, -0.2) is 0 Å². The minimum Gasteiger partial charge on any atom is -0.308 e. The van der Waals surface area contributed by atoms with Crippen LogP contribution in [0.3, 0.4) is 0 Å². The van der Waals surface area contributed by atoms with E-state index in [-0.39, 0.29) is 5.69 Å². The van der Waals surface area contributed by atoms with Crippen LogP contribution in [0, 0.1) is 10.1 Å². The Morgan fingerprint density at radius 3 is 2.63 bits per heavy atom. The third kappa shape index (κ3) is 3.91. The van der Waals surface area contributed by atoms with Gasteiger partial charge >= 0.3 is 0 Å². The molecule has 1 aromatic carbocycles. The first-order valence-corrected chi connectivity index (χ1v) is 7.01. The van der Waals surface area contributed by atoms with Gasteiger partial charge in [0.2, 0.25) is 0 Å². The predicted octanol–water partition coefficient (Wildman–Crippen LogP) is 4.25. The first-order valence-electron chi connectivity index (χ1n) is 5.44. The van der Waals surface area contributed by atoms with Crippen molar-refractivity contribution in [3.05, 3.63) is 60.2 Å². The molecule has 0 aliphatic heterocycles. The summed E-state index contributed by atoms with van der Waals surface area (Å²) in [5.74, 6) is 0. The number of halogens is 2. The molecule has 0 saturated heterocycles. The average molecular weight is 317 g/mol. The Kier molecular flexibility index (Phi) is 4.76. The van der Waals surface area contributed by atoms with E-state index in [0.29, 0.717) is 23.7 Å². The Morgan fingerprint density at radius 1 is 1.21 bits per heavy atom. The van der Waals surface area contributed by atoms with Crippen molar-refractivity contribution < 1.29 is 4.92 Å². The van der Waals surface area contributed by atoms with Gasteiger partial charge in [-0.15, -0.1) is 11.3 Å². The SMILES string of the molecule is O=[N+]([O-])c1cc(Cl)ccc1CNCc1ccc(Cl)s1. The number of thiophene rings is 1. The molecule has 1 aromatic heterocycles. The van der Waals surface area contributed by atoms with E-state index in [1.54, 1.807) is 12.1 Å². The number of nitro groups is 1. The molecule has 0 radical (unpaired) electrons. The minimum absolute atomic E-state index is 0.0317. The normalized spacial score (nSPS) is 10.6. The third-order valence-corrected chi connectivity index (χ3v) is 3.95. The molecule has 0 saturated carbocycles. The summed E-state index contributed by atoms with van der Waals surface area (Å²) in [5.41, 5.74) is 0.640. The van der Waals surface area contributed by atoms with Crippen molar-refractivity contribution in [3.63, 3.8) is 0 Å². The van der Waals surface area contributed by atoms with Crippen LogP contribution in [-0.4, -0.2) is 4.92 Å². The molecular formula is C12H10Cl2N2O2S. The lowest BCUT2D eigenvalue weighted by atomic mass is 10.2. The van der Waals surface area contributed by atoms with Crippen molar-refractivity contribution in [3.8, 4) is 0 Å². The van der Waals surface area contributed by atoms with Crippen LogP contribution >= 0.6 is 34.5 Å². The molecule has 0 spiro atoms. The molecule has 1 heterocycles. The zero-order valence-electron chi connectivity index (χ0n) is 9.73. The molecule has 4 nitrogen and oxygen atoms in total. The van der Waals surface area contributed by atoms with Gasteiger partial charge in [-0.1, -0.05) is 23.2 Å². The lowest BCUT2D eigenvalue weighted by molar-refractivity contribution is -0.385. The Labute approximate surface area is 124 Å². The zero-order valence-corrected chi connectivity index (χ0v) is 12.1. The average Bonchev–Trinajstić information content (AvgIpc) is 2.77. The highest BCUT2D eigenvalue weighted by Crippen LogP contribution is 2.24. The van der Waals surface area contributed by atoms with Gasteiger partial charge < -0.3 is 5.32 Å². The summed E-state index contributed by atoms with van der Waals surface area (Å²) in [4.78, 5) is 11.6. The van der Waals surface area contributed by atoms with Gasteiger partial charge in [0.15, 0.2) is 0 Å². The minimum atomic E-state index is -0.426. The van der Waals surface area contributed by atoms with E-state index < -0.39 is 4.92 Å². The Bertz CT molecular complexity index is 601. The summed E-state index contributed by atoms with van der Waals surface area (Å²) in [6.07, 6.45) is 0. The van der Waals surface area contributed by atoms with Crippen molar-refractivity contribution in [1.29, 1.82) is 0 Å². The van der Waals surface area contributed by atoms with E-state index >= 15 is 0 Å². The fourth-order valence-corrected chi connectivity index (χ4v) is 2.85. The summed E-state index contributed by atoms with van der Waals surface area (Å²) in [5, 5.41) is 14.4. The molecule has 2 aromatic rings. The maximum absolute atomic E-state index is 10.9. The van der Waals surface area contributed by atoms with E-state index in [0.717, 1.165) is 9.21 Å². The first-order chi connectivity index (χ1) is 9.06. The molecule has 0 amide bonds. The summed E-state index contributed by atoms with van der Waals surface area (Å²) in [7, 11) is 0. The lowest BCUT2D eigenvalue weighted by Gasteiger charge is -2.05. The van der Waals surface area contributed by atoms with Crippen LogP contribution in [0.1, 0.15) is 10.4 Å². The number of nitrogens with zero attached hydrogens (tertiary/aromatic N) is 1. The molecule has 19 heavy (non-hydrogen) atoms. The predicted molar refractivity (Wildman–Crippen MR) is 78.0 cm³/mol. The molecule has 0 aliphatic carbocycles. The first kappa shape index (κ1) is 14.3. The van der Waals surface area contributed by atoms with Crippen LogP contribution in [0.4, 0.5) is 5.69 Å². The maximum atomic E-state index is 10.9. The van der Waals surface area contributed by atoms with Crippen molar-refractivity contribution in [2.45, 2.75) is 13.1 Å². The van der Waals surface area contributed by atoms with Crippen molar-refractivity contribution >= 4 is 40.2 Å². The molecule has 7 heteroatoms. The van der Waals surface area contributed by atoms with Crippen molar-refractivity contribution in [2.24, 2.45) is 0 Å². The molecule has 0 unspecified atom stereocenters. The van der Waals surface area contributed by atoms with Gasteiger partial charge in [-0.2, -0.15) is 0 Å². The maximum Gasteiger partial charge on any atom is 0.275 e. The largest absolute Gasteiger partial charge is 0.308 e. The molecule has 1 N–H and O–H groups in total. The van der Waals surface area contributed by atoms with Crippen LogP contribution in [0.15, 0.2) is 30.3 Å². The van der Waals surface area contributed by atoms with E-state index in [4.69, 9.17) is 23.2 Å². The molecule has 0 fully saturated rings. The molecule has 0 aliphatic rings. The van der Waals surface area contributed by atoms with Gasteiger partial charge in [0.1, 0.15) is 0 Å². The number of hydrogen-bond acceptors (Lipinski definition) is 4. The van der Waals surface area contributed by atoms with Crippen LogP contribution in [-0.2, 0) is 13.1 Å². The fraction of sp³-hybridized carbons (Fsp3) is 0.167. The van der Waals surface area contributed by atoms with Crippen LogP contribution in [0.25, 0.3) is 0 Å². The second-order valence-corrected chi connectivity index (χ2v) is 6.08.